The first-order valence-corrected chi connectivity index (χ1v) is 6.12. The molecular formula is C13H14N2O6. The predicted molar refractivity (Wildman–Crippen MR) is 72.9 cm³/mol. The highest BCUT2D eigenvalue weighted by atomic mass is 16.6. The fourth-order valence-electron chi connectivity index (χ4n) is 2.05. The Labute approximate surface area is 119 Å². The number of ether oxygens (including phenoxy) is 1. The van der Waals surface area contributed by atoms with Gasteiger partial charge in [-0.25, -0.2) is 4.79 Å². The molecule has 0 aliphatic carbocycles. The number of carbonyl (C=O) groups excluding carboxylic acids is 1. The van der Waals surface area contributed by atoms with Crippen molar-refractivity contribution in [1.82, 2.24) is 4.57 Å². The molecule has 0 unspecified atom stereocenters. The molecule has 1 aromatic carbocycles. The van der Waals surface area contributed by atoms with Crippen molar-refractivity contribution in [1.29, 1.82) is 0 Å². The molecule has 0 aliphatic rings. The SMILES string of the molecule is COC(=O)C(C)(C)Cn1c(=O)oc2ccc([N+](=O)[O-])cc21. The van der Waals surface area contributed by atoms with E-state index >= 15 is 0 Å². The summed E-state index contributed by atoms with van der Waals surface area (Å²) in [4.78, 5) is 33.8. The summed E-state index contributed by atoms with van der Waals surface area (Å²) >= 11 is 0. The molecule has 2 aromatic rings. The maximum Gasteiger partial charge on any atom is 0.419 e. The van der Waals surface area contributed by atoms with Crippen LogP contribution in [0.15, 0.2) is 27.4 Å². The van der Waals surface area contributed by atoms with Crippen LogP contribution in [-0.2, 0) is 16.1 Å². The Balaban J connectivity index is 2.55. The second-order valence-electron chi connectivity index (χ2n) is 5.24. The van der Waals surface area contributed by atoms with Gasteiger partial charge in [-0.05, 0) is 19.9 Å². The normalized spacial score (nSPS) is 11.6. The van der Waals surface area contributed by atoms with Gasteiger partial charge in [-0.15, -0.1) is 0 Å². The van der Waals surface area contributed by atoms with Crippen molar-refractivity contribution in [2.24, 2.45) is 5.41 Å². The van der Waals surface area contributed by atoms with Crippen LogP contribution in [0.2, 0.25) is 0 Å². The molecule has 0 atom stereocenters. The van der Waals surface area contributed by atoms with Crippen LogP contribution < -0.4 is 5.76 Å². The van der Waals surface area contributed by atoms with Crippen LogP contribution in [0.25, 0.3) is 11.1 Å². The average molecular weight is 294 g/mol. The number of oxazole rings is 1. The lowest BCUT2D eigenvalue weighted by Crippen LogP contribution is -2.33. The van der Waals surface area contributed by atoms with Crippen LogP contribution >= 0.6 is 0 Å². The van der Waals surface area contributed by atoms with Gasteiger partial charge in [0.25, 0.3) is 5.69 Å². The molecule has 1 aromatic heterocycles. The van der Waals surface area contributed by atoms with Crippen molar-refractivity contribution in [3.63, 3.8) is 0 Å². The zero-order chi connectivity index (χ0) is 15.8. The standard InChI is InChI=1S/C13H14N2O6/c1-13(2,11(16)20-3)7-14-9-6-8(15(18)19)4-5-10(9)21-12(14)17/h4-6H,7H2,1-3H3. The zero-order valence-electron chi connectivity index (χ0n) is 11.8. The second-order valence-corrected chi connectivity index (χ2v) is 5.24. The van der Waals surface area contributed by atoms with Crippen molar-refractivity contribution in [3.8, 4) is 0 Å². The quantitative estimate of drug-likeness (QED) is 0.483. The van der Waals surface area contributed by atoms with Crippen LogP contribution in [0.5, 0.6) is 0 Å². The molecule has 0 fully saturated rings. The minimum absolute atomic E-state index is 0.00727. The molecule has 1 heterocycles. The summed E-state index contributed by atoms with van der Waals surface area (Å²) in [6.07, 6.45) is 0. The lowest BCUT2D eigenvalue weighted by atomic mass is 9.93. The minimum atomic E-state index is -0.972. The van der Waals surface area contributed by atoms with Gasteiger partial charge >= 0.3 is 11.7 Å². The highest BCUT2D eigenvalue weighted by molar-refractivity contribution is 5.78. The van der Waals surface area contributed by atoms with Crippen LogP contribution in [0.3, 0.4) is 0 Å². The van der Waals surface area contributed by atoms with Gasteiger partial charge in [0.1, 0.15) is 0 Å². The van der Waals surface area contributed by atoms with Crippen molar-refractivity contribution in [2.75, 3.05) is 7.11 Å². The molecular weight excluding hydrogens is 280 g/mol. The maximum atomic E-state index is 11.9. The van der Waals surface area contributed by atoms with Gasteiger partial charge in [-0.3, -0.25) is 19.5 Å². The first-order chi connectivity index (χ1) is 9.76. The summed E-state index contributed by atoms with van der Waals surface area (Å²) in [5.74, 6) is -1.17. The molecule has 0 N–H and O–H groups in total. The van der Waals surface area contributed by atoms with Gasteiger partial charge in [0.2, 0.25) is 0 Å². The number of methoxy groups -OCH3 is 1. The number of nitro benzene ring substituents is 1. The van der Waals surface area contributed by atoms with E-state index < -0.39 is 22.1 Å². The summed E-state index contributed by atoms with van der Waals surface area (Å²) in [6.45, 7) is 3.22. The lowest BCUT2D eigenvalue weighted by Gasteiger charge is -2.21. The van der Waals surface area contributed by atoms with Crippen molar-refractivity contribution >= 4 is 22.8 Å². The van der Waals surface area contributed by atoms with Gasteiger partial charge < -0.3 is 9.15 Å². The van der Waals surface area contributed by atoms with E-state index in [-0.39, 0.29) is 23.3 Å². The smallest absolute Gasteiger partial charge is 0.419 e. The van der Waals surface area contributed by atoms with E-state index in [4.69, 9.17) is 4.42 Å². The number of rotatable bonds is 4. The molecule has 2 rings (SSSR count). The zero-order valence-corrected chi connectivity index (χ0v) is 11.8. The number of esters is 1. The Morgan fingerprint density at radius 2 is 2.14 bits per heavy atom. The first kappa shape index (κ1) is 14.8. The number of nitrogens with zero attached hydrogens (tertiary/aromatic N) is 2. The Bertz CT molecular complexity index is 771. The van der Waals surface area contributed by atoms with E-state index in [0.29, 0.717) is 0 Å². The molecule has 21 heavy (non-hydrogen) atoms. The average Bonchev–Trinajstić information content (AvgIpc) is 2.73. The van der Waals surface area contributed by atoms with Crippen molar-refractivity contribution in [3.05, 3.63) is 38.9 Å². The van der Waals surface area contributed by atoms with Crippen LogP contribution in [0.1, 0.15) is 13.8 Å². The Hall–Kier alpha value is -2.64. The van der Waals surface area contributed by atoms with Crippen LogP contribution in [0, 0.1) is 15.5 Å². The van der Waals surface area contributed by atoms with E-state index in [0.717, 1.165) is 0 Å². The molecule has 0 bridgehead atoms. The predicted octanol–water partition coefficient (Wildman–Crippen LogP) is 1.70. The largest absolute Gasteiger partial charge is 0.469 e. The molecule has 0 amide bonds. The Kier molecular flexibility index (Phi) is 3.54. The second kappa shape index (κ2) is 5.04. The first-order valence-electron chi connectivity index (χ1n) is 6.12. The van der Waals surface area contributed by atoms with Crippen molar-refractivity contribution < 1.29 is 18.9 Å². The number of aromatic nitrogens is 1. The van der Waals surface area contributed by atoms with Gasteiger partial charge in [0, 0.05) is 18.7 Å². The van der Waals surface area contributed by atoms with Crippen LogP contribution in [-0.4, -0.2) is 22.6 Å². The summed E-state index contributed by atoms with van der Waals surface area (Å²) in [5.41, 5.74) is -0.634. The topological polar surface area (TPSA) is 105 Å². The highest BCUT2D eigenvalue weighted by Gasteiger charge is 2.31. The van der Waals surface area contributed by atoms with Gasteiger partial charge in [0.15, 0.2) is 5.58 Å². The Morgan fingerprint density at radius 3 is 2.71 bits per heavy atom. The molecule has 0 saturated carbocycles. The molecule has 0 aliphatic heterocycles. The number of fused-ring (bicyclic) bond motifs is 1. The molecule has 0 spiro atoms. The third kappa shape index (κ3) is 2.64. The summed E-state index contributed by atoms with van der Waals surface area (Å²) < 4.78 is 10.9. The molecule has 0 radical (unpaired) electrons. The fraction of sp³-hybridized carbons (Fsp3) is 0.385. The lowest BCUT2D eigenvalue weighted by molar-refractivity contribution is -0.384. The monoisotopic (exact) mass is 294 g/mol. The maximum absolute atomic E-state index is 11.9. The van der Waals surface area contributed by atoms with Gasteiger partial charge in [-0.1, -0.05) is 0 Å². The molecule has 0 saturated heterocycles. The van der Waals surface area contributed by atoms with E-state index in [1.165, 1.54) is 29.9 Å². The Morgan fingerprint density at radius 1 is 1.48 bits per heavy atom. The third-order valence-electron chi connectivity index (χ3n) is 3.15. The van der Waals surface area contributed by atoms with Crippen LogP contribution in [0.4, 0.5) is 5.69 Å². The number of nitro groups is 1. The summed E-state index contributed by atoms with van der Waals surface area (Å²) in [7, 11) is 1.26. The van der Waals surface area contributed by atoms with Crippen molar-refractivity contribution in [2.45, 2.75) is 20.4 Å². The number of benzene rings is 1. The number of carbonyl (C=O) groups is 1. The van der Waals surface area contributed by atoms with E-state index in [9.17, 15) is 19.7 Å². The van der Waals surface area contributed by atoms with Gasteiger partial charge in [0.05, 0.1) is 23.0 Å². The highest BCUT2D eigenvalue weighted by Crippen LogP contribution is 2.25. The van der Waals surface area contributed by atoms with E-state index in [1.807, 2.05) is 0 Å². The number of non-ortho nitro benzene ring substituents is 1. The number of hydrogen-bond acceptors (Lipinski definition) is 6. The summed E-state index contributed by atoms with van der Waals surface area (Å²) in [5, 5.41) is 10.8. The molecule has 112 valence electrons. The molecule has 8 nitrogen and oxygen atoms in total. The number of hydrogen-bond donors (Lipinski definition) is 0. The summed E-state index contributed by atoms with van der Waals surface area (Å²) in [6, 6.07) is 3.85. The fourth-order valence-corrected chi connectivity index (χ4v) is 2.05. The van der Waals surface area contributed by atoms with Gasteiger partial charge in [-0.2, -0.15) is 0 Å². The molecule has 8 heteroatoms. The van der Waals surface area contributed by atoms with E-state index in [2.05, 4.69) is 4.74 Å². The minimum Gasteiger partial charge on any atom is -0.469 e. The third-order valence-corrected chi connectivity index (χ3v) is 3.15. The van der Waals surface area contributed by atoms with E-state index in [1.54, 1.807) is 13.8 Å².